The van der Waals surface area contributed by atoms with Crippen molar-refractivity contribution >= 4 is 29.0 Å². The number of halogens is 2. The number of carbonyl (C=O) groups excluding carboxylic acids is 1. The molecule has 1 radical (unpaired) electrons. The van der Waals surface area contributed by atoms with Crippen LogP contribution in [-0.2, 0) is 0 Å². The van der Waals surface area contributed by atoms with E-state index in [2.05, 4.69) is 6.07 Å². The zero-order valence-electron chi connectivity index (χ0n) is 8.21. The summed E-state index contributed by atoms with van der Waals surface area (Å²) >= 11 is 11.7. The number of carbonyl (C=O) groups is 1. The van der Waals surface area contributed by atoms with Crippen LogP contribution in [0, 0.1) is 6.07 Å². The van der Waals surface area contributed by atoms with E-state index in [1.165, 1.54) is 0 Å². The zero-order chi connectivity index (χ0) is 11.5. The van der Waals surface area contributed by atoms with Crippen LogP contribution in [0.5, 0.6) is 0 Å². The SMILES string of the molecule is O=C(c1c[c]ccc1)c1cc(Cl)cc(Cl)c1. The molecule has 0 heterocycles. The van der Waals surface area contributed by atoms with Gasteiger partial charge in [0.2, 0.25) is 0 Å². The predicted molar refractivity (Wildman–Crippen MR) is 65.2 cm³/mol. The van der Waals surface area contributed by atoms with Crippen molar-refractivity contribution in [1.82, 2.24) is 0 Å². The molecule has 2 rings (SSSR count). The van der Waals surface area contributed by atoms with Crippen molar-refractivity contribution in [3.8, 4) is 0 Å². The first-order valence-corrected chi connectivity index (χ1v) is 5.39. The summed E-state index contributed by atoms with van der Waals surface area (Å²) in [7, 11) is 0. The third-order valence-electron chi connectivity index (χ3n) is 2.09. The molecule has 0 N–H and O–H groups in total. The van der Waals surface area contributed by atoms with Crippen molar-refractivity contribution in [3.05, 3.63) is 69.7 Å². The molecule has 16 heavy (non-hydrogen) atoms. The van der Waals surface area contributed by atoms with Crippen LogP contribution in [0.25, 0.3) is 0 Å². The van der Waals surface area contributed by atoms with Gasteiger partial charge in [-0.3, -0.25) is 4.79 Å². The molecule has 0 aliphatic carbocycles. The normalized spacial score (nSPS) is 10.1. The van der Waals surface area contributed by atoms with Crippen molar-refractivity contribution in [2.75, 3.05) is 0 Å². The van der Waals surface area contributed by atoms with Crippen LogP contribution < -0.4 is 0 Å². The van der Waals surface area contributed by atoms with Gasteiger partial charge in [0.05, 0.1) is 0 Å². The Morgan fingerprint density at radius 3 is 2.31 bits per heavy atom. The lowest BCUT2D eigenvalue weighted by atomic mass is 10.0. The molecule has 2 aromatic rings. The zero-order valence-corrected chi connectivity index (χ0v) is 9.72. The van der Waals surface area contributed by atoms with Crippen LogP contribution in [0.3, 0.4) is 0 Å². The maximum atomic E-state index is 12.0. The Hall–Kier alpha value is -1.31. The first-order chi connectivity index (χ1) is 7.66. The first-order valence-electron chi connectivity index (χ1n) is 4.64. The van der Waals surface area contributed by atoms with Crippen LogP contribution in [-0.4, -0.2) is 5.78 Å². The summed E-state index contributed by atoms with van der Waals surface area (Å²) < 4.78 is 0. The van der Waals surface area contributed by atoms with Crippen molar-refractivity contribution in [2.24, 2.45) is 0 Å². The second kappa shape index (κ2) is 4.69. The Balaban J connectivity index is 2.42. The summed E-state index contributed by atoms with van der Waals surface area (Å²) in [6.07, 6.45) is 0. The summed E-state index contributed by atoms with van der Waals surface area (Å²) in [4.78, 5) is 12.0. The Labute approximate surface area is 104 Å². The maximum Gasteiger partial charge on any atom is 0.193 e. The molecule has 1 nitrogen and oxygen atoms in total. The highest BCUT2D eigenvalue weighted by molar-refractivity contribution is 6.35. The molecule has 0 saturated carbocycles. The van der Waals surface area contributed by atoms with E-state index >= 15 is 0 Å². The van der Waals surface area contributed by atoms with Crippen LogP contribution in [0.2, 0.25) is 10.0 Å². The molecule has 0 fully saturated rings. The van der Waals surface area contributed by atoms with E-state index in [4.69, 9.17) is 23.2 Å². The van der Waals surface area contributed by atoms with Gasteiger partial charge in [0.1, 0.15) is 0 Å². The molecular formula is C13H7Cl2O. The molecule has 2 aromatic carbocycles. The maximum absolute atomic E-state index is 12.0. The van der Waals surface area contributed by atoms with Gasteiger partial charge in [0.15, 0.2) is 5.78 Å². The van der Waals surface area contributed by atoms with E-state index in [9.17, 15) is 4.79 Å². The molecule has 0 bridgehead atoms. The molecule has 0 aliphatic rings. The number of hydrogen-bond acceptors (Lipinski definition) is 1. The molecule has 0 amide bonds. The van der Waals surface area contributed by atoms with Crippen molar-refractivity contribution < 1.29 is 4.79 Å². The van der Waals surface area contributed by atoms with Gasteiger partial charge >= 0.3 is 0 Å². The van der Waals surface area contributed by atoms with Crippen molar-refractivity contribution in [1.29, 1.82) is 0 Å². The topological polar surface area (TPSA) is 17.1 Å². The Morgan fingerprint density at radius 1 is 1.06 bits per heavy atom. The fourth-order valence-electron chi connectivity index (χ4n) is 1.39. The van der Waals surface area contributed by atoms with Crippen molar-refractivity contribution in [3.63, 3.8) is 0 Å². The molecular weight excluding hydrogens is 243 g/mol. The Morgan fingerprint density at radius 2 is 1.75 bits per heavy atom. The lowest BCUT2D eigenvalue weighted by molar-refractivity contribution is 0.103. The Kier molecular flexibility index (Phi) is 3.28. The molecule has 0 spiro atoms. The van der Waals surface area contributed by atoms with Gasteiger partial charge in [-0.25, -0.2) is 0 Å². The molecule has 0 saturated heterocycles. The van der Waals surface area contributed by atoms with E-state index in [0.717, 1.165) is 0 Å². The summed E-state index contributed by atoms with van der Waals surface area (Å²) in [5.74, 6) is -0.110. The number of ketones is 1. The Bertz CT molecular complexity index is 500. The summed E-state index contributed by atoms with van der Waals surface area (Å²) in [6.45, 7) is 0. The minimum absolute atomic E-state index is 0.110. The lowest BCUT2D eigenvalue weighted by Crippen LogP contribution is -2.00. The van der Waals surface area contributed by atoms with E-state index < -0.39 is 0 Å². The van der Waals surface area contributed by atoms with Gasteiger partial charge in [-0.05, 0) is 30.3 Å². The van der Waals surface area contributed by atoms with Gasteiger partial charge in [-0.1, -0.05) is 41.4 Å². The van der Waals surface area contributed by atoms with Gasteiger partial charge in [0.25, 0.3) is 0 Å². The highest BCUT2D eigenvalue weighted by atomic mass is 35.5. The van der Waals surface area contributed by atoms with Gasteiger partial charge in [-0.2, -0.15) is 0 Å². The smallest absolute Gasteiger partial charge is 0.193 e. The average Bonchev–Trinajstić information content (AvgIpc) is 2.28. The summed E-state index contributed by atoms with van der Waals surface area (Å²) in [5.41, 5.74) is 1.05. The van der Waals surface area contributed by atoms with E-state index in [0.29, 0.717) is 21.2 Å². The largest absolute Gasteiger partial charge is 0.289 e. The second-order valence-corrected chi connectivity index (χ2v) is 4.15. The second-order valence-electron chi connectivity index (χ2n) is 3.28. The predicted octanol–water partition coefficient (Wildman–Crippen LogP) is 4.02. The highest BCUT2D eigenvalue weighted by Gasteiger charge is 2.09. The first kappa shape index (κ1) is 11.2. The third-order valence-corrected chi connectivity index (χ3v) is 2.53. The van der Waals surface area contributed by atoms with Crippen molar-refractivity contribution in [2.45, 2.75) is 0 Å². The monoisotopic (exact) mass is 249 g/mol. The minimum Gasteiger partial charge on any atom is -0.289 e. The van der Waals surface area contributed by atoms with E-state index in [1.807, 2.05) is 0 Å². The highest BCUT2D eigenvalue weighted by Crippen LogP contribution is 2.21. The van der Waals surface area contributed by atoms with Crippen LogP contribution in [0.15, 0.2) is 42.5 Å². The molecule has 3 heteroatoms. The number of rotatable bonds is 2. The minimum atomic E-state index is -0.110. The third kappa shape index (κ3) is 2.43. The molecule has 0 aliphatic heterocycles. The van der Waals surface area contributed by atoms with Gasteiger partial charge < -0.3 is 0 Å². The number of benzene rings is 2. The number of hydrogen-bond donors (Lipinski definition) is 0. The lowest BCUT2D eigenvalue weighted by Gasteiger charge is -2.02. The van der Waals surface area contributed by atoms with Crippen LogP contribution in [0.1, 0.15) is 15.9 Å². The molecule has 0 aromatic heterocycles. The summed E-state index contributed by atoms with van der Waals surface area (Å²) in [5, 5.41) is 0.909. The van der Waals surface area contributed by atoms with E-state index in [1.54, 1.807) is 42.5 Å². The fraction of sp³-hybridized carbons (Fsp3) is 0. The quantitative estimate of drug-likeness (QED) is 0.735. The van der Waals surface area contributed by atoms with E-state index in [-0.39, 0.29) is 5.78 Å². The standard InChI is InChI=1S/C13H7Cl2O/c14-11-6-10(7-12(15)8-11)13(16)9-4-2-1-3-5-9/h1-2,4-8H. The molecule has 0 atom stereocenters. The van der Waals surface area contributed by atoms with Gasteiger partial charge in [-0.15, -0.1) is 0 Å². The molecule has 79 valence electrons. The average molecular weight is 250 g/mol. The van der Waals surface area contributed by atoms with Crippen LogP contribution in [0.4, 0.5) is 0 Å². The van der Waals surface area contributed by atoms with Gasteiger partial charge in [0, 0.05) is 21.2 Å². The summed E-state index contributed by atoms with van der Waals surface area (Å²) in [6, 6.07) is 14.5. The molecule has 0 unspecified atom stereocenters. The fourth-order valence-corrected chi connectivity index (χ4v) is 1.91. The van der Waals surface area contributed by atoms with Crippen LogP contribution >= 0.6 is 23.2 Å².